The molecule has 20 heavy (non-hydrogen) atoms. The topological polar surface area (TPSA) is 34.1 Å². The second kappa shape index (κ2) is 8.02. The van der Waals surface area contributed by atoms with Gasteiger partial charge in [-0.15, -0.1) is 11.3 Å². The molecule has 0 saturated carbocycles. The van der Waals surface area contributed by atoms with Gasteiger partial charge in [-0.1, -0.05) is 26.0 Å². The van der Waals surface area contributed by atoms with Crippen LogP contribution in [0.5, 0.6) is 5.75 Å². The number of rotatable bonds is 8. The van der Waals surface area contributed by atoms with E-state index in [1.165, 1.54) is 10.6 Å². The zero-order valence-electron chi connectivity index (χ0n) is 12.1. The van der Waals surface area contributed by atoms with Crippen LogP contribution in [0.4, 0.5) is 0 Å². The number of aromatic nitrogens is 1. The molecule has 4 heteroatoms. The molecule has 2 rings (SSSR count). The zero-order chi connectivity index (χ0) is 14.2. The Morgan fingerprint density at radius 1 is 1.30 bits per heavy atom. The SMILES string of the molecule is CCCOc1ccc(CNCC(C)c2nccs2)cc1. The molecule has 1 N–H and O–H groups in total. The van der Waals surface area contributed by atoms with Gasteiger partial charge in [0.15, 0.2) is 0 Å². The van der Waals surface area contributed by atoms with Crippen molar-refractivity contribution in [1.82, 2.24) is 10.3 Å². The molecular weight excluding hydrogens is 268 g/mol. The molecule has 0 aliphatic heterocycles. The largest absolute Gasteiger partial charge is 0.494 e. The van der Waals surface area contributed by atoms with Gasteiger partial charge in [0.2, 0.25) is 0 Å². The van der Waals surface area contributed by atoms with Gasteiger partial charge in [0.25, 0.3) is 0 Å². The summed E-state index contributed by atoms with van der Waals surface area (Å²) in [5, 5.41) is 6.70. The summed E-state index contributed by atoms with van der Waals surface area (Å²) in [6, 6.07) is 8.31. The highest BCUT2D eigenvalue weighted by molar-refractivity contribution is 7.09. The Morgan fingerprint density at radius 3 is 2.75 bits per heavy atom. The van der Waals surface area contributed by atoms with Crippen LogP contribution in [-0.2, 0) is 6.54 Å². The Bertz CT molecular complexity index is 482. The molecule has 0 radical (unpaired) electrons. The summed E-state index contributed by atoms with van der Waals surface area (Å²) in [6.07, 6.45) is 2.91. The standard InChI is InChI=1S/C16H22N2OS/c1-3-9-19-15-6-4-14(5-7-15)12-17-11-13(2)16-18-8-10-20-16/h4-8,10,13,17H,3,9,11-12H2,1-2H3. The van der Waals surface area contributed by atoms with E-state index >= 15 is 0 Å². The lowest BCUT2D eigenvalue weighted by Crippen LogP contribution is -2.19. The third-order valence-electron chi connectivity index (χ3n) is 3.05. The number of hydrogen-bond donors (Lipinski definition) is 1. The average molecular weight is 290 g/mol. The smallest absolute Gasteiger partial charge is 0.119 e. The molecule has 1 heterocycles. The summed E-state index contributed by atoms with van der Waals surface area (Å²) in [5.41, 5.74) is 1.28. The Labute approximate surface area is 125 Å². The molecule has 1 aromatic heterocycles. The third-order valence-corrected chi connectivity index (χ3v) is 4.06. The van der Waals surface area contributed by atoms with E-state index in [-0.39, 0.29) is 0 Å². The molecule has 1 aromatic carbocycles. The summed E-state index contributed by atoms with van der Waals surface area (Å²) in [4.78, 5) is 4.34. The zero-order valence-corrected chi connectivity index (χ0v) is 13.0. The molecule has 0 fully saturated rings. The first-order valence-electron chi connectivity index (χ1n) is 7.11. The van der Waals surface area contributed by atoms with Crippen molar-refractivity contribution in [2.75, 3.05) is 13.2 Å². The van der Waals surface area contributed by atoms with Crippen LogP contribution in [0.2, 0.25) is 0 Å². The van der Waals surface area contributed by atoms with Crippen LogP contribution < -0.4 is 10.1 Å². The maximum Gasteiger partial charge on any atom is 0.119 e. The van der Waals surface area contributed by atoms with E-state index in [0.29, 0.717) is 5.92 Å². The first-order valence-corrected chi connectivity index (χ1v) is 7.99. The van der Waals surface area contributed by atoms with Crippen molar-refractivity contribution < 1.29 is 4.74 Å². The predicted octanol–water partition coefficient (Wildman–Crippen LogP) is 3.83. The normalized spacial score (nSPS) is 12.3. The van der Waals surface area contributed by atoms with Gasteiger partial charge in [0.1, 0.15) is 5.75 Å². The predicted molar refractivity (Wildman–Crippen MR) is 84.5 cm³/mol. The molecule has 0 bridgehead atoms. The number of nitrogens with one attached hydrogen (secondary N) is 1. The van der Waals surface area contributed by atoms with Gasteiger partial charge < -0.3 is 10.1 Å². The lowest BCUT2D eigenvalue weighted by Gasteiger charge is -2.10. The van der Waals surface area contributed by atoms with E-state index in [2.05, 4.69) is 36.3 Å². The molecule has 0 amide bonds. The molecule has 1 unspecified atom stereocenters. The molecule has 0 spiro atoms. The summed E-state index contributed by atoms with van der Waals surface area (Å²) in [5.74, 6) is 1.41. The Morgan fingerprint density at radius 2 is 2.10 bits per heavy atom. The van der Waals surface area contributed by atoms with Crippen LogP contribution in [0.25, 0.3) is 0 Å². The highest BCUT2D eigenvalue weighted by Gasteiger charge is 2.07. The van der Waals surface area contributed by atoms with Crippen molar-refractivity contribution in [2.45, 2.75) is 32.7 Å². The van der Waals surface area contributed by atoms with Crippen LogP contribution in [-0.4, -0.2) is 18.1 Å². The fraction of sp³-hybridized carbons (Fsp3) is 0.438. The maximum absolute atomic E-state index is 5.57. The number of benzene rings is 1. The molecule has 0 aliphatic carbocycles. The molecule has 2 aromatic rings. The van der Waals surface area contributed by atoms with E-state index in [0.717, 1.165) is 31.9 Å². The monoisotopic (exact) mass is 290 g/mol. The lowest BCUT2D eigenvalue weighted by molar-refractivity contribution is 0.317. The minimum absolute atomic E-state index is 0.460. The molecule has 0 aliphatic rings. The summed E-state index contributed by atoms with van der Waals surface area (Å²) in [7, 11) is 0. The summed E-state index contributed by atoms with van der Waals surface area (Å²) < 4.78 is 5.57. The highest BCUT2D eigenvalue weighted by atomic mass is 32.1. The minimum atomic E-state index is 0.460. The van der Waals surface area contributed by atoms with Gasteiger partial charge in [0.05, 0.1) is 11.6 Å². The van der Waals surface area contributed by atoms with E-state index in [1.54, 1.807) is 11.3 Å². The fourth-order valence-electron chi connectivity index (χ4n) is 1.92. The molecule has 1 atom stereocenters. The lowest BCUT2D eigenvalue weighted by atomic mass is 10.1. The Balaban J connectivity index is 1.74. The quantitative estimate of drug-likeness (QED) is 0.802. The number of thiazole rings is 1. The maximum atomic E-state index is 5.57. The Hall–Kier alpha value is -1.39. The van der Waals surface area contributed by atoms with Gasteiger partial charge in [0, 0.05) is 30.6 Å². The Kier molecular flexibility index (Phi) is 6.02. The van der Waals surface area contributed by atoms with Crippen molar-refractivity contribution in [3.63, 3.8) is 0 Å². The molecule has 108 valence electrons. The van der Waals surface area contributed by atoms with Crippen molar-refractivity contribution in [3.8, 4) is 5.75 Å². The van der Waals surface area contributed by atoms with Crippen LogP contribution in [0.3, 0.4) is 0 Å². The summed E-state index contributed by atoms with van der Waals surface area (Å²) >= 11 is 1.72. The number of nitrogens with zero attached hydrogens (tertiary/aromatic N) is 1. The first-order chi connectivity index (χ1) is 9.79. The fourth-order valence-corrected chi connectivity index (χ4v) is 2.62. The second-order valence-electron chi connectivity index (χ2n) is 4.89. The second-order valence-corrected chi connectivity index (χ2v) is 5.82. The van der Waals surface area contributed by atoms with Crippen LogP contribution >= 0.6 is 11.3 Å². The molecular formula is C16H22N2OS. The van der Waals surface area contributed by atoms with Crippen molar-refractivity contribution in [2.24, 2.45) is 0 Å². The van der Waals surface area contributed by atoms with Crippen LogP contribution in [0, 0.1) is 0 Å². The van der Waals surface area contributed by atoms with Crippen LogP contribution in [0.15, 0.2) is 35.8 Å². The minimum Gasteiger partial charge on any atom is -0.494 e. The third kappa shape index (κ3) is 4.62. The van der Waals surface area contributed by atoms with E-state index in [1.807, 2.05) is 23.7 Å². The summed E-state index contributed by atoms with van der Waals surface area (Å²) in [6.45, 7) is 6.92. The number of hydrogen-bond acceptors (Lipinski definition) is 4. The van der Waals surface area contributed by atoms with Crippen molar-refractivity contribution >= 4 is 11.3 Å². The number of ether oxygens (including phenoxy) is 1. The molecule has 0 saturated heterocycles. The van der Waals surface area contributed by atoms with E-state index in [9.17, 15) is 0 Å². The molecule has 3 nitrogen and oxygen atoms in total. The average Bonchev–Trinajstić information content (AvgIpc) is 3.00. The van der Waals surface area contributed by atoms with Gasteiger partial charge in [-0.05, 0) is 24.1 Å². The van der Waals surface area contributed by atoms with Gasteiger partial charge in [-0.3, -0.25) is 0 Å². The van der Waals surface area contributed by atoms with Crippen molar-refractivity contribution in [1.29, 1.82) is 0 Å². The van der Waals surface area contributed by atoms with Crippen LogP contribution in [0.1, 0.15) is 36.8 Å². The van der Waals surface area contributed by atoms with Crippen molar-refractivity contribution in [3.05, 3.63) is 46.4 Å². The van der Waals surface area contributed by atoms with Gasteiger partial charge in [-0.25, -0.2) is 4.98 Å². The van der Waals surface area contributed by atoms with E-state index < -0.39 is 0 Å². The van der Waals surface area contributed by atoms with E-state index in [4.69, 9.17) is 4.74 Å². The van der Waals surface area contributed by atoms with Gasteiger partial charge >= 0.3 is 0 Å². The highest BCUT2D eigenvalue weighted by Crippen LogP contribution is 2.17. The first kappa shape index (κ1) is 15.0. The van der Waals surface area contributed by atoms with Gasteiger partial charge in [-0.2, -0.15) is 0 Å².